The minimum Gasteiger partial charge on any atom is -0.305 e. The predicted molar refractivity (Wildman–Crippen MR) is 92.1 cm³/mol. The van der Waals surface area contributed by atoms with E-state index in [-0.39, 0.29) is 5.91 Å². The van der Waals surface area contributed by atoms with Crippen LogP contribution in [0.4, 0.5) is 10.2 Å². The number of rotatable bonds is 4. The van der Waals surface area contributed by atoms with E-state index in [1.165, 1.54) is 24.3 Å². The number of anilines is 1. The van der Waals surface area contributed by atoms with Crippen molar-refractivity contribution in [2.75, 3.05) is 5.32 Å². The van der Waals surface area contributed by atoms with E-state index in [9.17, 15) is 9.18 Å². The van der Waals surface area contributed by atoms with Crippen LogP contribution in [0.5, 0.6) is 0 Å². The summed E-state index contributed by atoms with van der Waals surface area (Å²) in [5, 5.41) is 7.91. The quantitative estimate of drug-likeness (QED) is 0.734. The summed E-state index contributed by atoms with van der Waals surface area (Å²) < 4.78 is 14.5. The molecular formula is C17H12Cl2FN3O. The molecule has 3 aromatic rings. The second-order valence-electron chi connectivity index (χ2n) is 5.11. The number of nitrogens with one attached hydrogen (secondary N) is 1. The average Bonchev–Trinajstić information content (AvgIpc) is 2.98. The van der Waals surface area contributed by atoms with Gasteiger partial charge in [0, 0.05) is 17.8 Å². The van der Waals surface area contributed by atoms with Crippen LogP contribution in [0.1, 0.15) is 15.9 Å². The van der Waals surface area contributed by atoms with Gasteiger partial charge in [-0.2, -0.15) is 5.10 Å². The highest BCUT2D eigenvalue weighted by Crippen LogP contribution is 2.23. The first-order valence-corrected chi connectivity index (χ1v) is 7.81. The molecule has 0 radical (unpaired) electrons. The van der Waals surface area contributed by atoms with Crippen LogP contribution in [0.2, 0.25) is 10.0 Å². The molecule has 4 nitrogen and oxygen atoms in total. The number of hydrogen-bond acceptors (Lipinski definition) is 2. The lowest BCUT2D eigenvalue weighted by atomic mass is 10.2. The van der Waals surface area contributed by atoms with Crippen molar-refractivity contribution in [2.24, 2.45) is 0 Å². The zero-order valence-electron chi connectivity index (χ0n) is 12.3. The fraction of sp³-hybridized carbons (Fsp3) is 0.0588. The first kappa shape index (κ1) is 16.5. The third-order valence-corrected chi connectivity index (χ3v) is 4.06. The van der Waals surface area contributed by atoms with Gasteiger partial charge in [-0.25, -0.2) is 4.39 Å². The van der Waals surface area contributed by atoms with E-state index in [0.29, 0.717) is 28.0 Å². The average molecular weight is 364 g/mol. The third-order valence-electron chi connectivity index (χ3n) is 3.32. The van der Waals surface area contributed by atoms with Crippen LogP contribution in [-0.4, -0.2) is 15.7 Å². The predicted octanol–water partition coefficient (Wildman–Crippen LogP) is 4.63. The largest absolute Gasteiger partial charge is 0.305 e. The Labute approximate surface area is 147 Å². The Morgan fingerprint density at radius 2 is 1.83 bits per heavy atom. The molecule has 3 rings (SSSR count). The summed E-state index contributed by atoms with van der Waals surface area (Å²) in [4.78, 5) is 12.1. The highest BCUT2D eigenvalue weighted by Gasteiger charge is 2.08. The van der Waals surface area contributed by atoms with Crippen LogP contribution in [0.15, 0.2) is 54.7 Å². The summed E-state index contributed by atoms with van der Waals surface area (Å²) in [7, 11) is 0. The molecule has 0 fully saturated rings. The number of aromatic nitrogens is 2. The second-order valence-corrected chi connectivity index (χ2v) is 5.92. The summed E-state index contributed by atoms with van der Waals surface area (Å²) in [5.41, 5.74) is 1.29. The molecule has 24 heavy (non-hydrogen) atoms. The van der Waals surface area contributed by atoms with Crippen LogP contribution < -0.4 is 5.32 Å². The highest BCUT2D eigenvalue weighted by atomic mass is 35.5. The fourth-order valence-corrected chi connectivity index (χ4v) is 2.45. The molecule has 1 N–H and O–H groups in total. The monoisotopic (exact) mass is 363 g/mol. The molecule has 0 spiro atoms. The van der Waals surface area contributed by atoms with E-state index in [4.69, 9.17) is 23.2 Å². The van der Waals surface area contributed by atoms with E-state index >= 15 is 0 Å². The van der Waals surface area contributed by atoms with E-state index in [2.05, 4.69) is 10.4 Å². The van der Waals surface area contributed by atoms with Gasteiger partial charge in [-0.05, 0) is 42.0 Å². The van der Waals surface area contributed by atoms with Crippen molar-refractivity contribution in [3.05, 3.63) is 81.7 Å². The van der Waals surface area contributed by atoms with Crippen molar-refractivity contribution in [3.8, 4) is 0 Å². The van der Waals surface area contributed by atoms with Crippen molar-refractivity contribution in [1.29, 1.82) is 0 Å². The van der Waals surface area contributed by atoms with Gasteiger partial charge in [-0.3, -0.25) is 9.48 Å². The number of hydrogen-bond donors (Lipinski definition) is 1. The maximum atomic E-state index is 12.9. The summed E-state index contributed by atoms with van der Waals surface area (Å²) >= 11 is 11.9. The second kappa shape index (κ2) is 7.03. The zero-order chi connectivity index (χ0) is 17.1. The van der Waals surface area contributed by atoms with E-state index in [1.54, 1.807) is 29.1 Å². The molecule has 122 valence electrons. The first-order chi connectivity index (χ1) is 11.5. The van der Waals surface area contributed by atoms with Crippen molar-refractivity contribution in [2.45, 2.75) is 6.54 Å². The van der Waals surface area contributed by atoms with Crippen molar-refractivity contribution in [3.63, 3.8) is 0 Å². The van der Waals surface area contributed by atoms with Crippen molar-refractivity contribution < 1.29 is 9.18 Å². The Morgan fingerprint density at radius 1 is 1.08 bits per heavy atom. The number of carbonyl (C=O) groups is 1. The lowest BCUT2D eigenvalue weighted by Crippen LogP contribution is -2.12. The molecular weight excluding hydrogens is 352 g/mol. The molecule has 1 heterocycles. The number of halogens is 3. The van der Waals surface area contributed by atoms with Gasteiger partial charge < -0.3 is 5.32 Å². The standard InChI is InChI=1S/C17H12Cl2FN3O/c18-14-6-1-11(9-15(14)19)10-23-8-7-16(22-23)21-17(24)12-2-4-13(20)5-3-12/h1-9H,10H2,(H,21,22,24). The lowest BCUT2D eigenvalue weighted by Gasteiger charge is -2.04. The number of carbonyl (C=O) groups excluding carboxylic acids is 1. The molecule has 7 heteroatoms. The summed E-state index contributed by atoms with van der Waals surface area (Å²) in [5.74, 6) is -0.336. The molecule has 1 amide bonds. The van der Waals surface area contributed by atoms with E-state index < -0.39 is 5.82 Å². The summed E-state index contributed by atoms with van der Waals surface area (Å²) in [6.45, 7) is 0.489. The Balaban J connectivity index is 1.67. The molecule has 0 unspecified atom stereocenters. The molecule has 0 bridgehead atoms. The highest BCUT2D eigenvalue weighted by molar-refractivity contribution is 6.42. The van der Waals surface area contributed by atoms with Crippen LogP contribution in [0.25, 0.3) is 0 Å². The molecule has 0 saturated heterocycles. The lowest BCUT2D eigenvalue weighted by molar-refractivity contribution is 0.102. The maximum absolute atomic E-state index is 12.9. The van der Waals surface area contributed by atoms with Gasteiger partial charge in [0.1, 0.15) is 5.82 Å². The van der Waals surface area contributed by atoms with Crippen LogP contribution in [-0.2, 0) is 6.54 Å². The number of amides is 1. The SMILES string of the molecule is O=C(Nc1ccn(Cc2ccc(Cl)c(Cl)c2)n1)c1ccc(F)cc1. The van der Waals surface area contributed by atoms with Crippen molar-refractivity contribution >= 4 is 34.9 Å². The number of nitrogens with zero attached hydrogens (tertiary/aromatic N) is 2. The minimum absolute atomic E-state index is 0.352. The molecule has 0 aliphatic heterocycles. The van der Waals surface area contributed by atoms with Crippen LogP contribution >= 0.6 is 23.2 Å². The van der Waals surface area contributed by atoms with Gasteiger partial charge in [0.05, 0.1) is 16.6 Å². The Kier molecular flexibility index (Phi) is 4.83. The summed E-state index contributed by atoms with van der Waals surface area (Å²) in [6, 6.07) is 12.3. The first-order valence-electron chi connectivity index (χ1n) is 7.05. The molecule has 1 aromatic heterocycles. The zero-order valence-corrected chi connectivity index (χ0v) is 13.9. The van der Waals surface area contributed by atoms with Gasteiger partial charge >= 0.3 is 0 Å². The van der Waals surface area contributed by atoms with E-state index in [1.807, 2.05) is 6.07 Å². The Bertz CT molecular complexity index is 878. The van der Waals surface area contributed by atoms with Crippen molar-refractivity contribution in [1.82, 2.24) is 9.78 Å². The summed E-state index contributed by atoms with van der Waals surface area (Å²) in [6.07, 6.45) is 1.74. The smallest absolute Gasteiger partial charge is 0.256 e. The van der Waals surface area contributed by atoms with Gasteiger partial charge in [-0.1, -0.05) is 29.3 Å². The van der Waals surface area contributed by atoms with Crippen LogP contribution in [0.3, 0.4) is 0 Å². The van der Waals surface area contributed by atoms with E-state index in [0.717, 1.165) is 5.56 Å². The fourth-order valence-electron chi connectivity index (χ4n) is 2.13. The normalized spacial score (nSPS) is 10.6. The molecule has 0 saturated carbocycles. The maximum Gasteiger partial charge on any atom is 0.256 e. The molecule has 0 atom stereocenters. The molecule has 2 aromatic carbocycles. The topological polar surface area (TPSA) is 46.9 Å². The Hall–Kier alpha value is -2.37. The Morgan fingerprint density at radius 3 is 2.54 bits per heavy atom. The van der Waals surface area contributed by atoms with Gasteiger partial charge in [0.25, 0.3) is 5.91 Å². The number of benzene rings is 2. The van der Waals surface area contributed by atoms with Gasteiger partial charge in [-0.15, -0.1) is 0 Å². The molecule has 0 aliphatic rings. The molecule has 0 aliphatic carbocycles. The minimum atomic E-state index is -0.391. The van der Waals surface area contributed by atoms with Crippen LogP contribution in [0, 0.1) is 5.82 Å². The van der Waals surface area contributed by atoms with Gasteiger partial charge in [0.2, 0.25) is 0 Å². The third kappa shape index (κ3) is 3.93. The van der Waals surface area contributed by atoms with Gasteiger partial charge in [0.15, 0.2) is 5.82 Å².